The monoisotopic (exact) mass is 380 g/mol. The largest absolute Gasteiger partial charge is 0.497 e. The van der Waals surface area contributed by atoms with E-state index in [-0.39, 0.29) is 11.2 Å². The minimum absolute atomic E-state index is 0.0291. The summed E-state index contributed by atoms with van der Waals surface area (Å²) in [6, 6.07) is 15.0. The number of benzene rings is 2. The molecule has 0 aliphatic heterocycles. The number of ketones is 1. The Kier molecular flexibility index (Phi) is 8.43. The van der Waals surface area contributed by atoms with Gasteiger partial charge in [-0.3, -0.25) is 4.79 Å². The van der Waals surface area contributed by atoms with Gasteiger partial charge < -0.3 is 9.53 Å². The number of carbonyl (C=O) groups excluding carboxylic acids is 2. The van der Waals surface area contributed by atoms with Gasteiger partial charge in [0.25, 0.3) is 0 Å². The molecule has 0 heterocycles. The van der Waals surface area contributed by atoms with Crippen LogP contribution < -0.4 is 4.74 Å². The molecule has 0 aliphatic carbocycles. The van der Waals surface area contributed by atoms with Gasteiger partial charge in [-0.15, -0.1) is 0 Å². The Morgan fingerprint density at radius 2 is 1.75 bits per heavy atom. The molecule has 3 nitrogen and oxygen atoms in total. The van der Waals surface area contributed by atoms with E-state index in [0.29, 0.717) is 11.1 Å². The van der Waals surface area contributed by atoms with Crippen LogP contribution in [0.3, 0.4) is 0 Å². The molecule has 3 heteroatoms. The summed E-state index contributed by atoms with van der Waals surface area (Å²) in [5, 5.41) is 0. The molecule has 0 radical (unpaired) electrons. The molecule has 0 amide bonds. The second kappa shape index (κ2) is 10.8. The van der Waals surface area contributed by atoms with Crippen molar-refractivity contribution >= 4 is 12.1 Å². The van der Waals surface area contributed by atoms with Crippen LogP contribution in [0.1, 0.15) is 73.9 Å². The quantitative estimate of drug-likeness (QED) is 0.333. The van der Waals surface area contributed by atoms with Crippen molar-refractivity contribution in [1.82, 2.24) is 0 Å². The first-order valence-electron chi connectivity index (χ1n) is 10.3. The number of unbranched alkanes of at least 4 members (excludes halogenated alkanes) is 1. The molecule has 0 bridgehead atoms. The van der Waals surface area contributed by atoms with Gasteiger partial charge >= 0.3 is 0 Å². The van der Waals surface area contributed by atoms with Gasteiger partial charge in [-0.05, 0) is 55.9 Å². The molecular weight excluding hydrogens is 348 g/mol. The van der Waals surface area contributed by atoms with Gasteiger partial charge in [0, 0.05) is 16.5 Å². The summed E-state index contributed by atoms with van der Waals surface area (Å²) in [5.74, 6) is 0.782. The molecule has 0 N–H and O–H groups in total. The Hall–Kier alpha value is -2.42. The third kappa shape index (κ3) is 5.54. The van der Waals surface area contributed by atoms with Crippen LogP contribution in [0, 0.1) is 5.41 Å². The Bertz CT molecular complexity index is 767. The van der Waals surface area contributed by atoms with Crippen molar-refractivity contribution in [3.05, 3.63) is 65.2 Å². The second-order valence-corrected chi connectivity index (χ2v) is 7.51. The topological polar surface area (TPSA) is 43.4 Å². The van der Waals surface area contributed by atoms with Gasteiger partial charge in [-0.1, -0.05) is 57.0 Å². The van der Waals surface area contributed by atoms with Crippen LogP contribution >= 0.6 is 0 Å². The highest BCUT2D eigenvalue weighted by Crippen LogP contribution is 2.33. The highest BCUT2D eigenvalue weighted by molar-refractivity contribution is 6.10. The Morgan fingerprint density at radius 1 is 1.04 bits per heavy atom. The standard InChI is InChI=1S/C25H32O3/c1-4-6-16-25(5-2,19-26)17-10-13-21-18-22(28-3)14-15-23(21)24(27)20-11-8-7-9-12-20/h7-9,11-12,14-15,18-19H,4-6,10,13,16-17H2,1-3H3. The summed E-state index contributed by atoms with van der Waals surface area (Å²) in [7, 11) is 1.64. The molecule has 150 valence electrons. The van der Waals surface area contributed by atoms with Crippen molar-refractivity contribution < 1.29 is 14.3 Å². The molecule has 0 saturated carbocycles. The predicted molar refractivity (Wildman–Crippen MR) is 114 cm³/mol. The minimum Gasteiger partial charge on any atom is -0.497 e. The number of methoxy groups -OCH3 is 1. The van der Waals surface area contributed by atoms with E-state index in [0.717, 1.165) is 62.5 Å². The van der Waals surface area contributed by atoms with E-state index in [4.69, 9.17) is 4.74 Å². The van der Waals surface area contributed by atoms with Crippen LogP contribution in [0.4, 0.5) is 0 Å². The zero-order valence-corrected chi connectivity index (χ0v) is 17.4. The molecule has 0 spiro atoms. The average Bonchev–Trinajstić information content (AvgIpc) is 2.76. The van der Waals surface area contributed by atoms with Crippen LogP contribution in [-0.4, -0.2) is 19.2 Å². The fraction of sp³-hybridized carbons (Fsp3) is 0.440. The Balaban J connectivity index is 2.19. The normalized spacial score (nSPS) is 13.0. The molecule has 2 rings (SSSR count). The van der Waals surface area contributed by atoms with Crippen LogP contribution in [0.5, 0.6) is 5.75 Å². The smallest absolute Gasteiger partial charge is 0.193 e. The SMILES string of the molecule is CCCCC(C=O)(CC)CCCc1cc(OC)ccc1C(=O)c1ccccc1. The number of ether oxygens (including phenoxy) is 1. The van der Waals surface area contributed by atoms with E-state index in [1.165, 1.54) is 0 Å². The second-order valence-electron chi connectivity index (χ2n) is 7.51. The van der Waals surface area contributed by atoms with Gasteiger partial charge in [0.05, 0.1) is 7.11 Å². The molecule has 2 aromatic rings. The fourth-order valence-corrected chi connectivity index (χ4v) is 3.71. The van der Waals surface area contributed by atoms with E-state index in [2.05, 4.69) is 13.8 Å². The summed E-state index contributed by atoms with van der Waals surface area (Å²) < 4.78 is 5.37. The molecule has 0 saturated heterocycles. The molecule has 0 fully saturated rings. The summed E-state index contributed by atoms with van der Waals surface area (Å²) in [5.41, 5.74) is 2.15. The van der Waals surface area contributed by atoms with Crippen molar-refractivity contribution in [2.45, 2.75) is 58.8 Å². The van der Waals surface area contributed by atoms with E-state index >= 15 is 0 Å². The lowest BCUT2D eigenvalue weighted by Gasteiger charge is -2.26. The number of hydrogen-bond donors (Lipinski definition) is 0. The van der Waals surface area contributed by atoms with Crippen LogP contribution in [0.15, 0.2) is 48.5 Å². The van der Waals surface area contributed by atoms with E-state index < -0.39 is 0 Å². The molecule has 0 aromatic heterocycles. The number of aryl methyl sites for hydroxylation is 1. The number of hydrogen-bond acceptors (Lipinski definition) is 3. The van der Waals surface area contributed by atoms with Gasteiger partial charge in [0.15, 0.2) is 5.78 Å². The maximum atomic E-state index is 13.0. The summed E-state index contributed by atoms with van der Waals surface area (Å²) in [6.45, 7) is 4.25. The van der Waals surface area contributed by atoms with Crippen molar-refractivity contribution in [2.24, 2.45) is 5.41 Å². The average molecular weight is 381 g/mol. The number of aldehydes is 1. The highest BCUT2D eigenvalue weighted by Gasteiger charge is 2.26. The first kappa shape index (κ1) is 21.9. The minimum atomic E-state index is -0.238. The van der Waals surface area contributed by atoms with E-state index in [9.17, 15) is 9.59 Å². The van der Waals surface area contributed by atoms with Crippen molar-refractivity contribution in [2.75, 3.05) is 7.11 Å². The third-order valence-electron chi connectivity index (χ3n) is 5.70. The maximum absolute atomic E-state index is 13.0. The highest BCUT2D eigenvalue weighted by atomic mass is 16.5. The Morgan fingerprint density at radius 3 is 2.36 bits per heavy atom. The van der Waals surface area contributed by atoms with Crippen molar-refractivity contribution in [1.29, 1.82) is 0 Å². The zero-order chi connectivity index (χ0) is 20.4. The van der Waals surface area contributed by atoms with Crippen LogP contribution in [0.2, 0.25) is 0 Å². The predicted octanol–water partition coefficient (Wildman–Crippen LogP) is 6.03. The summed E-state index contributed by atoms with van der Waals surface area (Å²) in [6.07, 6.45) is 7.62. The summed E-state index contributed by atoms with van der Waals surface area (Å²) in [4.78, 5) is 24.8. The fourth-order valence-electron chi connectivity index (χ4n) is 3.71. The molecule has 0 aliphatic rings. The first-order valence-corrected chi connectivity index (χ1v) is 10.3. The van der Waals surface area contributed by atoms with Gasteiger partial charge in [0.1, 0.15) is 12.0 Å². The maximum Gasteiger partial charge on any atom is 0.193 e. The third-order valence-corrected chi connectivity index (χ3v) is 5.70. The molecule has 1 unspecified atom stereocenters. The van der Waals surface area contributed by atoms with Crippen LogP contribution in [-0.2, 0) is 11.2 Å². The molecule has 1 atom stereocenters. The Labute approximate surface area is 169 Å². The van der Waals surface area contributed by atoms with Crippen LogP contribution in [0.25, 0.3) is 0 Å². The lowest BCUT2D eigenvalue weighted by atomic mass is 9.77. The zero-order valence-electron chi connectivity index (χ0n) is 17.4. The number of carbonyl (C=O) groups is 2. The molecule has 2 aromatic carbocycles. The van der Waals surface area contributed by atoms with E-state index in [1.54, 1.807) is 7.11 Å². The summed E-state index contributed by atoms with van der Waals surface area (Å²) >= 11 is 0. The van der Waals surface area contributed by atoms with Gasteiger partial charge in [-0.2, -0.15) is 0 Å². The van der Waals surface area contributed by atoms with Crippen molar-refractivity contribution in [3.8, 4) is 5.75 Å². The van der Waals surface area contributed by atoms with Gasteiger partial charge in [-0.25, -0.2) is 0 Å². The molecular formula is C25H32O3. The van der Waals surface area contributed by atoms with Gasteiger partial charge in [0.2, 0.25) is 0 Å². The number of rotatable bonds is 12. The lowest BCUT2D eigenvalue weighted by molar-refractivity contribution is -0.117. The van der Waals surface area contributed by atoms with Crippen molar-refractivity contribution in [3.63, 3.8) is 0 Å². The molecule has 28 heavy (non-hydrogen) atoms. The first-order chi connectivity index (χ1) is 13.6. The van der Waals surface area contributed by atoms with E-state index in [1.807, 2.05) is 48.5 Å². The lowest BCUT2D eigenvalue weighted by Crippen LogP contribution is -2.22.